The van der Waals surface area contributed by atoms with Crippen molar-refractivity contribution < 1.29 is 27.4 Å². The second-order valence-corrected chi connectivity index (χ2v) is 11.7. The Hall–Kier alpha value is -4.51. The number of ether oxygens (including phenoxy) is 2. The lowest BCUT2D eigenvalue weighted by molar-refractivity contribution is -0.158. The lowest BCUT2D eigenvalue weighted by atomic mass is 10.0. The van der Waals surface area contributed by atoms with Crippen molar-refractivity contribution in [2.75, 3.05) is 51.3 Å². The Labute approximate surface area is 274 Å². The van der Waals surface area contributed by atoms with Crippen molar-refractivity contribution >= 4 is 45.0 Å². The van der Waals surface area contributed by atoms with Gasteiger partial charge < -0.3 is 19.3 Å². The second-order valence-electron chi connectivity index (χ2n) is 11.3. The Morgan fingerprint density at radius 1 is 1.17 bits per heavy atom. The van der Waals surface area contributed by atoms with Gasteiger partial charge in [0.2, 0.25) is 5.91 Å². The number of hydrogen-bond donors (Lipinski definition) is 0. The molecular formula is C33H31ClF3N7O3. The smallest absolute Gasteiger partial charge is 0.345 e. The number of halogens is 4. The number of likely N-dealkylation sites (tertiary alicyclic amines) is 1. The molecule has 0 unspecified atom stereocenters. The van der Waals surface area contributed by atoms with Crippen molar-refractivity contribution in [3.8, 4) is 23.3 Å². The fourth-order valence-corrected chi connectivity index (χ4v) is 6.55. The van der Waals surface area contributed by atoms with Gasteiger partial charge in [-0.15, -0.1) is 0 Å². The van der Waals surface area contributed by atoms with Gasteiger partial charge in [-0.3, -0.25) is 14.7 Å². The Bertz CT molecular complexity index is 1870. The molecule has 2 aromatic carbocycles. The fraction of sp³-hybridized carbons (Fsp3) is 0.364. The van der Waals surface area contributed by atoms with E-state index in [2.05, 4.69) is 25.8 Å². The number of pyridine rings is 1. The average Bonchev–Trinajstić information content (AvgIpc) is 3.50. The van der Waals surface area contributed by atoms with E-state index in [0.29, 0.717) is 59.8 Å². The summed E-state index contributed by atoms with van der Waals surface area (Å²) in [5.41, 5.74) is 0.618. The summed E-state index contributed by atoms with van der Waals surface area (Å²) in [4.78, 5) is 32.0. The Kier molecular flexibility index (Phi) is 9.72. The molecule has 0 bridgehead atoms. The summed E-state index contributed by atoms with van der Waals surface area (Å²) < 4.78 is 51.3. The number of aromatic nitrogens is 3. The van der Waals surface area contributed by atoms with Crippen LogP contribution in [-0.4, -0.2) is 95.8 Å². The van der Waals surface area contributed by atoms with Gasteiger partial charge in [-0.05, 0) is 17.9 Å². The van der Waals surface area contributed by atoms with Gasteiger partial charge in [-0.1, -0.05) is 48.0 Å². The second kappa shape index (κ2) is 14.1. The molecule has 4 aromatic rings. The van der Waals surface area contributed by atoms with Crippen LogP contribution in [0.3, 0.4) is 0 Å². The first-order valence-corrected chi connectivity index (χ1v) is 15.5. The number of carbonyl (C=O) groups is 1. The summed E-state index contributed by atoms with van der Waals surface area (Å²) in [5.74, 6) is -0.545. The quantitative estimate of drug-likeness (QED) is 0.216. The zero-order valence-corrected chi connectivity index (χ0v) is 26.2. The first-order valence-electron chi connectivity index (χ1n) is 15.1. The van der Waals surface area contributed by atoms with Crippen LogP contribution in [0.15, 0.2) is 54.7 Å². The first kappa shape index (κ1) is 32.4. The molecule has 2 fully saturated rings. The number of hydrogen-bond acceptors (Lipinski definition) is 9. The minimum Gasteiger partial charge on any atom is -0.467 e. The predicted molar refractivity (Wildman–Crippen MR) is 171 cm³/mol. The third-order valence-corrected chi connectivity index (χ3v) is 8.79. The summed E-state index contributed by atoms with van der Waals surface area (Å²) in [6.45, 7) is -0.565. The summed E-state index contributed by atoms with van der Waals surface area (Å²) in [6.07, 6.45) is 4.70. The predicted octanol–water partition coefficient (Wildman–Crippen LogP) is 5.45. The van der Waals surface area contributed by atoms with Gasteiger partial charge in [0.15, 0.2) is 5.82 Å². The molecule has 1 amide bonds. The van der Waals surface area contributed by atoms with Gasteiger partial charge >= 0.3 is 12.6 Å². The van der Waals surface area contributed by atoms with Gasteiger partial charge in [0.25, 0.3) is 0 Å². The van der Waals surface area contributed by atoms with Crippen LogP contribution < -0.4 is 9.64 Å². The molecule has 14 heteroatoms. The monoisotopic (exact) mass is 665 g/mol. The summed E-state index contributed by atoms with van der Waals surface area (Å²) in [7, 11) is 1.39. The standard InChI is InChI=1S/C33H31ClF3N7O3/c1-46-33-40-30-24(17-39-29(28(30)35)23-7-2-5-20-6-3-8-25(34)27(20)23)31(41-33)43-15-16-44(21(18-43)10-12-38)26(45)9-4-13-42-14-11-22(19-42)47-32(36)37/h2-9,17,21-22,32H,10-11,13-16,18-19H2,1H3/b9-4+/t21-,22+/m0/s1. The minimum absolute atomic E-state index is 0.0160. The molecule has 2 atom stereocenters. The third kappa shape index (κ3) is 6.81. The lowest BCUT2D eigenvalue weighted by Gasteiger charge is -2.41. The van der Waals surface area contributed by atoms with Crippen molar-refractivity contribution in [1.82, 2.24) is 24.8 Å². The molecule has 0 radical (unpaired) electrons. The number of benzene rings is 2. The van der Waals surface area contributed by atoms with E-state index in [9.17, 15) is 18.8 Å². The molecule has 2 saturated heterocycles. The number of anilines is 1. The van der Waals surface area contributed by atoms with E-state index in [0.717, 1.165) is 5.39 Å². The van der Waals surface area contributed by atoms with Crippen LogP contribution in [0.25, 0.3) is 32.9 Å². The van der Waals surface area contributed by atoms with Gasteiger partial charge in [0, 0.05) is 67.5 Å². The molecule has 2 aliphatic heterocycles. The SMILES string of the molecule is COc1nc(N2CCN(C(=O)/C=C/CN3CC[C@@H](OC(F)F)C3)[C@@H](CC#N)C2)c2cnc(-c3cccc4cccc(Cl)c34)c(F)c2n1. The van der Waals surface area contributed by atoms with Crippen molar-refractivity contribution in [2.45, 2.75) is 31.6 Å². The molecule has 0 N–H and O–H groups in total. The number of nitrogens with zero attached hydrogens (tertiary/aromatic N) is 7. The lowest BCUT2D eigenvalue weighted by Crippen LogP contribution is -2.55. The number of nitriles is 1. The van der Waals surface area contributed by atoms with E-state index in [1.54, 1.807) is 23.1 Å². The first-order chi connectivity index (χ1) is 22.8. The molecule has 0 aliphatic carbocycles. The maximum atomic E-state index is 16.3. The molecule has 244 valence electrons. The molecule has 2 aliphatic rings. The number of methoxy groups -OCH3 is 1. The van der Waals surface area contributed by atoms with Gasteiger partial charge in [0.1, 0.15) is 17.0 Å². The van der Waals surface area contributed by atoms with Gasteiger partial charge in [-0.2, -0.15) is 24.0 Å². The van der Waals surface area contributed by atoms with Crippen LogP contribution in [0.5, 0.6) is 6.01 Å². The van der Waals surface area contributed by atoms with Gasteiger partial charge in [0.05, 0.1) is 37.1 Å². The highest BCUT2D eigenvalue weighted by Crippen LogP contribution is 2.37. The molecular weight excluding hydrogens is 635 g/mol. The Morgan fingerprint density at radius 2 is 1.98 bits per heavy atom. The molecule has 0 saturated carbocycles. The van der Waals surface area contributed by atoms with Crippen LogP contribution in [0, 0.1) is 17.1 Å². The topological polar surface area (TPSA) is 108 Å². The van der Waals surface area contributed by atoms with Gasteiger partial charge in [-0.25, -0.2) is 4.39 Å². The minimum atomic E-state index is -2.81. The van der Waals surface area contributed by atoms with E-state index in [-0.39, 0.29) is 42.6 Å². The highest BCUT2D eigenvalue weighted by molar-refractivity contribution is 6.36. The molecule has 6 rings (SSSR count). The summed E-state index contributed by atoms with van der Waals surface area (Å²) >= 11 is 6.52. The zero-order valence-electron chi connectivity index (χ0n) is 25.5. The average molecular weight is 666 g/mol. The largest absolute Gasteiger partial charge is 0.467 e. The van der Waals surface area contributed by atoms with Crippen molar-refractivity contribution in [3.05, 3.63) is 65.6 Å². The van der Waals surface area contributed by atoms with Crippen LogP contribution in [0.1, 0.15) is 12.8 Å². The molecule has 2 aromatic heterocycles. The summed E-state index contributed by atoms with van der Waals surface area (Å²) in [5, 5.41) is 11.9. The molecule has 47 heavy (non-hydrogen) atoms. The molecule has 4 heterocycles. The van der Waals surface area contributed by atoms with Crippen LogP contribution in [-0.2, 0) is 9.53 Å². The van der Waals surface area contributed by atoms with E-state index < -0.39 is 24.6 Å². The number of fused-ring (bicyclic) bond motifs is 2. The van der Waals surface area contributed by atoms with Crippen molar-refractivity contribution in [3.63, 3.8) is 0 Å². The van der Waals surface area contributed by atoms with E-state index >= 15 is 4.39 Å². The van der Waals surface area contributed by atoms with E-state index in [1.807, 2.05) is 34.1 Å². The number of amides is 1. The number of alkyl halides is 2. The third-order valence-electron chi connectivity index (χ3n) is 8.48. The highest BCUT2D eigenvalue weighted by Gasteiger charge is 2.32. The van der Waals surface area contributed by atoms with E-state index in [1.165, 1.54) is 19.4 Å². The normalized spacial score (nSPS) is 18.9. The van der Waals surface area contributed by atoms with Crippen LogP contribution in [0.4, 0.5) is 19.0 Å². The Morgan fingerprint density at radius 3 is 2.74 bits per heavy atom. The fourth-order valence-electron chi connectivity index (χ4n) is 6.27. The zero-order chi connectivity index (χ0) is 33.1. The van der Waals surface area contributed by atoms with Crippen LogP contribution in [0.2, 0.25) is 5.02 Å². The van der Waals surface area contributed by atoms with Crippen molar-refractivity contribution in [2.24, 2.45) is 0 Å². The maximum Gasteiger partial charge on any atom is 0.345 e. The molecule has 10 nitrogen and oxygen atoms in total. The summed E-state index contributed by atoms with van der Waals surface area (Å²) in [6, 6.07) is 12.6. The Balaban J connectivity index is 1.24. The number of piperazine rings is 1. The van der Waals surface area contributed by atoms with Crippen LogP contribution >= 0.6 is 11.6 Å². The van der Waals surface area contributed by atoms with E-state index in [4.69, 9.17) is 16.3 Å². The highest BCUT2D eigenvalue weighted by atomic mass is 35.5. The van der Waals surface area contributed by atoms with Crippen molar-refractivity contribution in [1.29, 1.82) is 5.26 Å². The maximum absolute atomic E-state index is 16.3. The number of rotatable bonds is 9. The number of carbonyl (C=O) groups excluding carboxylic acids is 1. The molecule has 0 spiro atoms.